The minimum Gasteiger partial charge on any atom is -0.495 e. The van der Waals surface area contributed by atoms with E-state index in [1.165, 1.54) is 32.1 Å². The Morgan fingerprint density at radius 3 is 2.57 bits per heavy atom. The summed E-state index contributed by atoms with van der Waals surface area (Å²) in [5.41, 5.74) is 7.06. The van der Waals surface area contributed by atoms with Crippen molar-refractivity contribution in [2.24, 2.45) is 0 Å². The fourth-order valence-corrected chi connectivity index (χ4v) is 3.12. The first-order valence-electron chi connectivity index (χ1n) is 7.74. The van der Waals surface area contributed by atoms with Gasteiger partial charge in [0.2, 0.25) is 0 Å². The molecule has 1 aromatic carbocycles. The topological polar surface area (TPSA) is 55.6 Å². The van der Waals surface area contributed by atoms with Crippen molar-refractivity contribution >= 4 is 11.5 Å². The predicted molar refractivity (Wildman–Crippen MR) is 85.8 cm³/mol. The summed E-state index contributed by atoms with van der Waals surface area (Å²) in [6.07, 6.45) is 6.25. The molecule has 1 aliphatic rings. The van der Waals surface area contributed by atoms with Crippen molar-refractivity contribution in [3.8, 4) is 5.75 Å². The maximum Gasteiger partial charge on any atom is 0.179 e. The number of methoxy groups -OCH3 is 1. The number of nitrogen functional groups attached to an aromatic ring is 1. The second-order valence-electron chi connectivity index (χ2n) is 5.95. The quantitative estimate of drug-likeness (QED) is 0.668. The molecular weight excluding hydrogens is 264 g/mol. The highest BCUT2D eigenvalue weighted by Gasteiger charge is 2.27. The Morgan fingerprint density at radius 2 is 2.00 bits per heavy atom. The van der Waals surface area contributed by atoms with Crippen molar-refractivity contribution in [3.63, 3.8) is 0 Å². The third-order valence-corrected chi connectivity index (χ3v) is 4.66. The van der Waals surface area contributed by atoms with Gasteiger partial charge in [-0.05, 0) is 45.0 Å². The summed E-state index contributed by atoms with van der Waals surface area (Å²) in [5, 5.41) is 0. The van der Waals surface area contributed by atoms with E-state index in [4.69, 9.17) is 10.5 Å². The molecule has 0 spiro atoms. The van der Waals surface area contributed by atoms with Gasteiger partial charge in [0.15, 0.2) is 5.78 Å². The third kappa shape index (κ3) is 3.56. The molecule has 1 unspecified atom stereocenters. The summed E-state index contributed by atoms with van der Waals surface area (Å²) >= 11 is 0. The number of likely N-dealkylation sites (N-methyl/N-ethyl adjacent to an activating group) is 1. The monoisotopic (exact) mass is 290 g/mol. The van der Waals surface area contributed by atoms with Crippen LogP contribution in [0.4, 0.5) is 5.69 Å². The molecule has 4 nitrogen and oxygen atoms in total. The van der Waals surface area contributed by atoms with Crippen LogP contribution >= 0.6 is 0 Å². The van der Waals surface area contributed by atoms with Crippen LogP contribution < -0.4 is 10.5 Å². The lowest BCUT2D eigenvalue weighted by Crippen LogP contribution is -2.43. The van der Waals surface area contributed by atoms with Gasteiger partial charge < -0.3 is 10.5 Å². The lowest BCUT2D eigenvalue weighted by molar-refractivity contribution is 0.0778. The number of ketones is 1. The number of hydrogen-bond acceptors (Lipinski definition) is 4. The summed E-state index contributed by atoms with van der Waals surface area (Å²) in [6, 6.07) is 5.67. The van der Waals surface area contributed by atoms with Gasteiger partial charge in [-0.2, -0.15) is 0 Å². The van der Waals surface area contributed by atoms with Gasteiger partial charge in [-0.25, -0.2) is 0 Å². The minimum atomic E-state index is -0.124. The number of rotatable bonds is 5. The fourth-order valence-electron chi connectivity index (χ4n) is 3.12. The second kappa shape index (κ2) is 6.94. The molecule has 1 fully saturated rings. The number of ether oxygens (including phenoxy) is 1. The van der Waals surface area contributed by atoms with E-state index in [9.17, 15) is 4.79 Å². The number of carbonyl (C=O) groups excluding carboxylic acids is 1. The summed E-state index contributed by atoms with van der Waals surface area (Å²) in [6.45, 7) is 1.98. The molecule has 116 valence electrons. The molecule has 0 aliphatic heterocycles. The maximum atomic E-state index is 12.6. The highest BCUT2D eigenvalue weighted by Crippen LogP contribution is 2.26. The van der Waals surface area contributed by atoms with Crippen LogP contribution in [0.3, 0.4) is 0 Å². The Hall–Kier alpha value is -1.55. The van der Waals surface area contributed by atoms with Gasteiger partial charge in [-0.3, -0.25) is 9.69 Å². The van der Waals surface area contributed by atoms with E-state index in [0.29, 0.717) is 23.0 Å². The van der Waals surface area contributed by atoms with E-state index in [1.54, 1.807) is 25.3 Å². The molecule has 0 radical (unpaired) electrons. The fraction of sp³-hybridized carbons (Fsp3) is 0.588. The number of benzene rings is 1. The maximum absolute atomic E-state index is 12.6. The standard InChI is InChI=1S/C17H26N2O2/c1-12(19(2)14-7-5-4-6-8-14)17(20)13-9-10-16(21-3)15(18)11-13/h9-12,14H,4-8,18H2,1-3H3. The number of anilines is 1. The number of hydrogen-bond donors (Lipinski definition) is 1. The van der Waals surface area contributed by atoms with E-state index in [-0.39, 0.29) is 11.8 Å². The molecule has 2 rings (SSSR count). The SMILES string of the molecule is COc1ccc(C(=O)C(C)N(C)C2CCCCC2)cc1N. The lowest BCUT2D eigenvalue weighted by atomic mass is 9.92. The Bertz CT molecular complexity index is 496. The predicted octanol–water partition coefficient (Wildman–Crippen LogP) is 3.11. The average molecular weight is 290 g/mol. The van der Waals surface area contributed by atoms with Gasteiger partial charge in [-0.15, -0.1) is 0 Å². The highest BCUT2D eigenvalue weighted by molar-refractivity contribution is 6.00. The van der Waals surface area contributed by atoms with E-state index in [0.717, 1.165) is 0 Å². The molecule has 0 heterocycles. The molecule has 1 saturated carbocycles. The van der Waals surface area contributed by atoms with E-state index in [2.05, 4.69) is 11.9 Å². The van der Waals surface area contributed by atoms with Crippen LogP contribution in [0.5, 0.6) is 5.75 Å². The average Bonchev–Trinajstić information content (AvgIpc) is 2.53. The van der Waals surface area contributed by atoms with Crippen molar-refractivity contribution in [2.45, 2.75) is 51.1 Å². The van der Waals surface area contributed by atoms with E-state index in [1.807, 2.05) is 6.92 Å². The van der Waals surface area contributed by atoms with Gasteiger partial charge in [0, 0.05) is 11.6 Å². The molecule has 0 bridgehead atoms. The summed E-state index contributed by atoms with van der Waals surface area (Å²) < 4.78 is 5.14. The van der Waals surface area contributed by atoms with Crippen LogP contribution in [0.15, 0.2) is 18.2 Å². The van der Waals surface area contributed by atoms with Gasteiger partial charge in [0.25, 0.3) is 0 Å². The molecule has 0 saturated heterocycles. The Morgan fingerprint density at radius 1 is 1.33 bits per heavy atom. The Kier molecular flexibility index (Phi) is 5.23. The number of nitrogens with two attached hydrogens (primary N) is 1. The van der Waals surface area contributed by atoms with Crippen LogP contribution in [0.25, 0.3) is 0 Å². The van der Waals surface area contributed by atoms with Crippen LogP contribution in [-0.4, -0.2) is 36.9 Å². The first kappa shape index (κ1) is 15.8. The van der Waals surface area contributed by atoms with E-state index < -0.39 is 0 Å². The summed E-state index contributed by atoms with van der Waals surface area (Å²) in [7, 11) is 3.64. The van der Waals surface area contributed by atoms with Crippen molar-refractivity contribution in [1.29, 1.82) is 0 Å². The van der Waals surface area contributed by atoms with Gasteiger partial charge in [0.1, 0.15) is 5.75 Å². The molecule has 0 amide bonds. The van der Waals surface area contributed by atoms with Crippen molar-refractivity contribution < 1.29 is 9.53 Å². The zero-order chi connectivity index (χ0) is 15.4. The molecule has 1 aromatic rings. The number of carbonyl (C=O) groups is 1. The second-order valence-corrected chi connectivity index (χ2v) is 5.95. The minimum absolute atomic E-state index is 0.123. The molecule has 1 aliphatic carbocycles. The first-order valence-corrected chi connectivity index (χ1v) is 7.74. The van der Waals surface area contributed by atoms with Crippen molar-refractivity contribution in [1.82, 2.24) is 4.90 Å². The van der Waals surface area contributed by atoms with Gasteiger partial charge in [-0.1, -0.05) is 19.3 Å². The van der Waals surface area contributed by atoms with Gasteiger partial charge >= 0.3 is 0 Å². The molecule has 1 atom stereocenters. The van der Waals surface area contributed by atoms with Crippen LogP contribution in [0, 0.1) is 0 Å². The Labute approximate surface area is 127 Å². The molecule has 4 heteroatoms. The third-order valence-electron chi connectivity index (χ3n) is 4.66. The van der Waals surface area contributed by atoms with Crippen LogP contribution in [-0.2, 0) is 0 Å². The smallest absolute Gasteiger partial charge is 0.179 e. The van der Waals surface area contributed by atoms with Crippen LogP contribution in [0.2, 0.25) is 0 Å². The Balaban J connectivity index is 2.09. The van der Waals surface area contributed by atoms with Crippen molar-refractivity contribution in [2.75, 3.05) is 19.9 Å². The van der Waals surface area contributed by atoms with Crippen LogP contribution in [0.1, 0.15) is 49.4 Å². The first-order chi connectivity index (χ1) is 10.0. The molecule has 21 heavy (non-hydrogen) atoms. The largest absolute Gasteiger partial charge is 0.495 e. The zero-order valence-electron chi connectivity index (χ0n) is 13.3. The normalized spacial score (nSPS) is 17.7. The number of Topliss-reactive ketones (excluding diaryl/α,β-unsaturated/α-hetero) is 1. The lowest BCUT2D eigenvalue weighted by Gasteiger charge is -2.34. The molecule has 2 N–H and O–H groups in total. The molecular formula is C17H26N2O2. The summed E-state index contributed by atoms with van der Waals surface area (Å²) in [4.78, 5) is 14.9. The number of nitrogens with zero attached hydrogens (tertiary/aromatic N) is 1. The van der Waals surface area contributed by atoms with Gasteiger partial charge in [0.05, 0.1) is 18.8 Å². The molecule has 0 aromatic heterocycles. The highest BCUT2D eigenvalue weighted by atomic mass is 16.5. The zero-order valence-corrected chi connectivity index (χ0v) is 13.3. The summed E-state index contributed by atoms with van der Waals surface area (Å²) in [5.74, 6) is 0.734. The van der Waals surface area contributed by atoms with E-state index >= 15 is 0 Å². The van der Waals surface area contributed by atoms with Crippen molar-refractivity contribution in [3.05, 3.63) is 23.8 Å².